The fourth-order valence-corrected chi connectivity index (χ4v) is 2.62. The number of nitrogens with one attached hydrogen (secondary N) is 1. The van der Waals surface area contributed by atoms with E-state index in [4.69, 9.17) is 0 Å². The highest BCUT2D eigenvalue weighted by Crippen LogP contribution is 2.26. The summed E-state index contributed by atoms with van der Waals surface area (Å²) in [6, 6.07) is 0.147. The molecule has 0 aliphatic carbocycles. The van der Waals surface area contributed by atoms with Crippen LogP contribution in [-0.2, 0) is 0 Å². The van der Waals surface area contributed by atoms with Crippen molar-refractivity contribution in [1.29, 1.82) is 0 Å². The molecule has 1 atom stereocenters. The number of rotatable bonds is 2. The Bertz CT molecular complexity index is 526. The van der Waals surface area contributed by atoms with Crippen molar-refractivity contribution in [1.82, 2.24) is 19.9 Å². The van der Waals surface area contributed by atoms with Crippen molar-refractivity contribution in [3.05, 3.63) is 12.7 Å². The van der Waals surface area contributed by atoms with Crippen molar-refractivity contribution in [3.8, 4) is 0 Å². The van der Waals surface area contributed by atoms with Crippen LogP contribution in [0.15, 0.2) is 12.7 Å². The van der Waals surface area contributed by atoms with E-state index in [0.717, 1.165) is 30.7 Å². The molecule has 1 saturated heterocycles. The molecule has 0 amide bonds. The molecule has 96 valence electrons. The van der Waals surface area contributed by atoms with Crippen LogP contribution in [0.2, 0.25) is 0 Å². The standard InChI is InChI=1S/C12H17N5O/c18-6-9-4-2-1-3-5-17(9)12-10-11(14-7-13-10)15-8-16-12/h7-9,18H,1-6H2,(H,13,14,15,16). The smallest absolute Gasteiger partial charge is 0.182 e. The zero-order valence-electron chi connectivity index (χ0n) is 10.2. The molecule has 1 unspecified atom stereocenters. The quantitative estimate of drug-likeness (QED) is 0.830. The molecule has 0 aromatic carbocycles. The molecule has 3 rings (SSSR count). The third-order valence-corrected chi connectivity index (χ3v) is 3.56. The van der Waals surface area contributed by atoms with Crippen LogP contribution in [-0.4, -0.2) is 44.2 Å². The van der Waals surface area contributed by atoms with Gasteiger partial charge in [-0.25, -0.2) is 15.0 Å². The number of hydrogen-bond acceptors (Lipinski definition) is 5. The van der Waals surface area contributed by atoms with Crippen LogP contribution in [0.1, 0.15) is 25.7 Å². The average Bonchev–Trinajstić information content (AvgIpc) is 2.76. The third kappa shape index (κ3) is 1.92. The van der Waals surface area contributed by atoms with E-state index < -0.39 is 0 Å². The number of aliphatic hydroxyl groups is 1. The summed E-state index contributed by atoms with van der Waals surface area (Å²) in [5.74, 6) is 0.860. The van der Waals surface area contributed by atoms with Crippen LogP contribution in [0.5, 0.6) is 0 Å². The number of nitrogens with zero attached hydrogens (tertiary/aromatic N) is 4. The number of fused-ring (bicyclic) bond motifs is 1. The molecule has 18 heavy (non-hydrogen) atoms. The fourth-order valence-electron chi connectivity index (χ4n) is 2.62. The molecule has 1 aliphatic rings. The summed E-state index contributed by atoms with van der Waals surface area (Å²) in [6.07, 6.45) is 7.70. The van der Waals surface area contributed by atoms with Crippen LogP contribution in [0, 0.1) is 0 Å². The van der Waals surface area contributed by atoms with Crippen molar-refractivity contribution >= 4 is 17.0 Å². The van der Waals surface area contributed by atoms with Gasteiger partial charge in [0.05, 0.1) is 19.0 Å². The number of aliphatic hydroxyl groups excluding tert-OH is 1. The lowest BCUT2D eigenvalue weighted by molar-refractivity contribution is 0.254. The van der Waals surface area contributed by atoms with Gasteiger partial charge in [0.1, 0.15) is 11.8 Å². The summed E-state index contributed by atoms with van der Waals surface area (Å²) < 4.78 is 0. The number of hydrogen-bond donors (Lipinski definition) is 2. The average molecular weight is 247 g/mol. The van der Waals surface area contributed by atoms with Gasteiger partial charge in [0.15, 0.2) is 11.5 Å². The maximum Gasteiger partial charge on any atom is 0.182 e. The Hall–Kier alpha value is -1.69. The second-order valence-corrected chi connectivity index (χ2v) is 4.68. The lowest BCUT2D eigenvalue weighted by Crippen LogP contribution is -2.38. The number of imidazole rings is 1. The molecule has 1 fully saturated rings. The zero-order valence-corrected chi connectivity index (χ0v) is 10.2. The van der Waals surface area contributed by atoms with Gasteiger partial charge >= 0.3 is 0 Å². The first kappa shape index (κ1) is 11.4. The van der Waals surface area contributed by atoms with E-state index >= 15 is 0 Å². The monoisotopic (exact) mass is 247 g/mol. The molecular formula is C12H17N5O. The Morgan fingerprint density at radius 2 is 2.22 bits per heavy atom. The van der Waals surface area contributed by atoms with Crippen molar-refractivity contribution in [2.75, 3.05) is 18.1 Å². The molecule has 6 heteroatoms. The normalized spacial score (nSPS) is 21.2. The minimum atomic E-state index is 0.147. The van der Waals surface area contributed by atoms with Gasteiger partial charge in [0.25, 0.3) is 0 Å². The highest BCUT2D eigenvalue weighted by atomic mass is 16.3. The summed E-state index contributed by atoms with van der Waals surface area (Å²) in [5, 5.41) is 9.56. The van der Waals surface area contributed by atoms with Gasteiger partial charge in [-0.1, -0.05) is 12.8 Å². The van der Waals surface area contributed by atoms with Gasteiger partial charge < -0.3 is 15.0 Å². The molecule has 2 aromatic rings. The zero-order chi connectivity index (χ0) is 12.4. The predicted octanol–water partition coefficient (Wildman–Crippen LogP) is 1.09. The van der Waals surface area contributed by atoms with Crippen LogP contribution in [0.4, 0.5) is 5.82 Å². The van der Waals surface area contributed by atoms with E-state index in [9.17, 15) is 5.11 Å². The van der Waals surface area contributed by atoms with Gasteiger partial charge in [-0.05, 0) is 12.8 Å². The largest absolute Gasteiger partial charge is 0.394 e. The molecule has 0 bridgehead atoms. The SMILES string of the molecule is OCC1CCCCCN1c1ncnc2nc[nH]c12. The van der Waals surface area contributed by atoms with E-state index in [-0.39, 0.29) is 12.6 Å². The van der Waals surface area contributed by atoms with Gasteiger partial charge in [0.2, 0.25) is 0 Å². The molecule has 0 radical (unpaired) electrons. The van der Waals surface area contributed by atoms with E-state index in [0.29, 0.717) is 5.65 Å². The van der Waals surface area contributed by atoms with Crippen molar-refractivity contribution in [2.24, 2.45) is 0 Å². The topological polar surface area (TPSA) is 77.9 Å². The van der Waals surface area contributed by atoms with E-state index in [1.54, 1.807) is 6.33 Å². The van der Waals surface area contributed by atoms with E-state index in [1.165, 1.54) is 19.2 Å². The second kappa shape index (κ2) is 4.89. The third-order valence-electron chi connectivity index (χ3n) is 3.56. The minimum Gasteiger partial charge on any atom is -0.394 e. The lowest BCUT2D eigenvalue weighted by Gasteiger charge is -2.29. The number of anilines is 1. The minimum absolute atomic E-state index is 0.147. The van der Waals surface area contributed by atoms with Crippen LogP contribution in [0.25, 0.3) is 11.2 Å². The number of aromatic amines is 1. The summed E-state index contributed by atoms with van der Waals surface area (Å²) >= 11 is 0. The molecule has 2 N–H and O–H groups in total. The van der Waals surface area contributed by atoms with Crippen molar-refractivity contribution in [3.63, 3.8) is 0 Å². The highest BCUT2D eigenvalue weighted by molar-refractivity contribution is 5.82. The van der Waals surface area contributed by atoms with E-state index in [2.05, 4.69) is 24.8 Å². The Morgan fingerprint density at radius 1 is 1.28 bits per heavy atom. The molecule has 3 heterocycles. The Morgan fingerprint density at radius 3 is 3.11 bits per heavy atom. The number of aromatic nitrogens is 4. The van der Waals surface area contributed by atoms with Crippen molar-refractivity contribution < 1.29 is 5.11 Å². The maximum absolute atomic E-state index is 9.56. The van der Waals surface area contributed by atoms with Crippen molar-refractivity contribution in [2.45, 2.75) is 31.7 Å². The Labute approximate surface area is 105 Å². The first-order valence-corrected chi connectivity index (χ1v) is 6.41. The lowest BCUT2D eigenvalue weighted by atomic mass is 10.1. The Balaban J connectivity index is 2.02. The van der Waals surface area contributed by atoms with Gasteiger partial charge in [0, 0.05) is 6.54 Å². The van der Waals surface area contributed by atoms with Crippen LogP contribution < -0.4 is 4.90 Å². The first-order chi connectivity index (χ1) is 8.90. The fraction of sp³-hybridized carbons (Fsp3) is 0.583. The summed E-state index contributed by atoms with van der Waals surface area (Å²) in [6.45, 7) is 1.09. The molecule has 0 saturated carbocycles. The Kier molecular flexibility index (Phi) is 3.10. The highest BCUT2D eigenvalue weighted by Gasteiger charge is 2.23. The van der Waals surface area contributed by atoms with Crippen LogP contribution in [0.3, 0.4) is 0 Å². The summed E-state index contributed by atoms with van der Waals surface area (Å²) in [7, 11) is 0. The number of H-pyrrole nitrogens is 1. The van der Waals surface area contributed by atoms with E-state index in [1.807, 2.05) is 0 Å². The predicted molar refractivity (Wildman–Crippen MR) is 68.4 cm³/mol. The molecular weight excluding hydrogens is 230 g/mol. The van der Waals surface area contributed by atoms with Gasteiger partial charge in [-0.15, -0.1) is 0 Å². The molecule has 6 nitrogen and oxygen atoms in total. The molecule has 0 spiro atoms. The molecule has 2 aromatic heterocycles. The van der Waals surface area contributed by atoms with Crippen LogP contribution >= 0.6 is 0 Å². The maximum atomic E-state index is 9.56. The second-order valence-electron chi connectivity index (χ2n) is 4.68. The first-order valence-electron chi connectivity index (χ1n) is 6.41. The van der Waals surface area contributed by atoms with Gasteiger partial charge in [-0.3, -0.25) is 0 Å². The summed E-state index contributed by atoms with van der Waals surface area (Å²) in [5.41, 5.74) is 1.54. The summed E-state index contributed by atoms with van der Waals surface area (Å²) in [4.78, 5) is 17.9. The molecule has 1 aliphatic heterocycles. The van der Waals surface area contributed by atoms with Gasteiger partial charge in [-0.2, -0.15) is 0 Å².